The maximum atomic E-state index is 12.2. The van der Waals surface area contributed by atoms with Crippen LogP contribution in [-0.2, 0) is 10.0 Å². The Morgan fingerprint density at radius 2 is 1.95 bits per heavy atom. The smallest absolute Gasteiger partial charge is 0.339 e. The van der Waals surface area contributed by atoms with Crippen LogP contribution in [0.25, 0.3) is 0 Å². The maximum absolute atomic E-state index is 12.2. The zero-order valence-electron chi connectivity index (χ0n) is 11.3. The van der Waals surface area contributed by atoms with E-state index < -0.39 is 32.8 Å². The Morgan fingerprint density at radius 1 is 1.40 bits per heavy atom. The summed E-state index contributed by atoms with van der Waals surface area (Å²) in [5.41, 5.74) is -1.39. The van der Waals surface area contributed by atoms with Gasteiger partial charge in [0.05, 0.1) is 10.4 Å². The van der Waals surface area contributed by atoms with E-state index >= 15 is 0 Å². The largest absolute Gasteiger partial charge is 0.507 e. The third kappa shape index (κ3) is 3.29. The monoisotopic (exact) mass is 297 g/mol. The molecule has 20 heavy (non-hydrogen) atoms. The molecule has 0 unspecified atom stereocenters. The fourth-order valence-electron chi connectivity index (χ4n) is 1.55. The third-order valence-corrected chi connectivity index (χ3v) is 4.36. The summed E-state index contributed by atoms with van der Waals surface area (Å²) in [5.74, 6) is 0.363. The van der Waals surface area contributed by atoms with Crippen LogP contribution < -0.4 is 4.72 Å². The second-order valence-corrected chi connectivity index (χ2v) is 6.47. The predicted molar refractivity (Wildman–Crippen MR) is 73.0 cm³/mol. The molecule has 6 nitrogen and oxygen atoms in total. The predicted octanol–water partition coefficient (Wildman–Crippen LogP) is 1.09. The second kappa shape index (κ2) is 5.15. The second-order valence-electron chi connectivity index (χ2n) is 4.81. The van der Waals surface area contributed by atoms with Crippen molar-refractivity contribution in [3.05, 3.63) is 23.3 Å². The van der Waals surface area contributed by atoms with Gasteiger partial charge in [0.1, 0.15) is 11.3 Å². The molecule has 0 bridgehead atoms. The van der Waals surface area contributed by atoms with Crippen molar-refractivity contribution >= 4 is 16.0 Å². The van der Waals surface area contributed by atoms with Crippen molar-refractivity contribution in [2.24, 2.45) is 0 Å². The standard InChI is InChI=1S/C13H15NO5S/c1-5-13(3,4)14-20(18,19)11-7-9(12(16)17)10(15)6-8(11)2/h1,6-7,14-15H,2-4H3,(H,16,17). The Labute approximate surface area is 117 Å². The Hall–Kier alpha value is -2.04. The van der Waals surface area contributed by atoms with Gasteiger partial charge in [-0.05, 0) is 38.5 Å². The molecule has 0 heterocycles. The summed E-state index contributed by atoms with van der Waals surface area (Å²) in [5, 5.41) is 18.4. The Morgan fingerprint density at radius 3 is 2.40 bits per heavy atom. The first-order valence-corrected chi connectivity index (χ1v) is 7.07. The van der Waals surface area contributed by atoms with Crippen LogP contribution in [0.1, 0.15) is 29.8 Å². The number of hydrogen-bond acceptors (Lipinski definition) is 4. The molecule has 0 radical (unpaired) electrons. The number of aromatic carboxylic acids is 1. The average molecular weight is 297 g/mol. The lowest BCUT2D eigenvalue weighted by Crippen LogP contribution is -2.42. The minimum Gasteiger partial charge on any atom is -0.507 e. The third-order valence-electron chi connectivity index (χ3n) is 2.56. The highest BCUT2D eigenvalue weighted by atomic mass is 32.2. The Balaban J connectivity index is 3.44. The summed E-state index contributed by atoms with van der Waals surface area (Å²) in [6, 6.07) is 1.99. The van der Waals surface area contributed by atoms with E-state index in [0.717, 1.165) is 12.1 Å². The van der Waals surface area contributed by atoms with Crippen molar-refractivity contribution in [1.82, 2.24) is 4.72 Å². The van der Waals surface area contributed by atoms with Crippen molar-refractivity contribution in [2.45, 2.75) is 31.2 Å². The minimum absolute atomic E-state index is 0.216. The molecule has 0 atom stereocenters. The van der Waals surface area contributed by atoms with Gasteiger partial charge in [0, 0.05) is 0 Å². The molecule has 3 N–H and O–H groups in total. The van der Waals surface area contributed by atoms with E-state index in [9.17, 15) is 18.3 Å². The van der Waals surface area contributed by atoms with Crippen molar-refractivity contribution < 1.29 is 23.4 Å². The number of terminal acetylenes is 1. The lowest BCUT2D eigenvalue weighted by atomic mass is 10.1. The molecule has 108 valence electrons. The summed E-state index contributed by atoms with van der Waals surface area (Å²) in [7, 11) is -4.00. The number of hydrogen-bond donors (Lipinski definition) is 3. The summed E-state index contributed by atoms with van der Waals surface area (Å²) in [6.07, 6.45) is 5.22. The molecular formula is C13H15NO5S. The highest BCUT2D eigenvalue weighted by Crippen LogP contribution is 2.26. The van der Waals surface area contributed by atoms with Gasteiger partial charge < -0.3 is 10.2 Å². The summed E-state index contributed by atoms with van der Waals surface area (Å²) in [6.45, 7) is 4.44. The van der Waals surface area contributed by atoms with Gasteiger partial charge in [-0.3, -0.25) is 0 Å². The molecule has 1 aromatic carbocycles. The lowest BCUT2D eigenvalue weighted by Gasteiger charge is -2.20. The summed E-state index contributed by atoms with van der Waals surface area (Å²) < 4.78 is 26.8. The molecule has 0 aliphatic rings. The van der Waals surface area contributed by atoms with Gasteiger partial charge in [-0.15, -0.1) is 6.42 Å². The molecule has 0 saturated carbocycles. The Kier molecular flexibility index (Phi) is 4.12. The van der Waals surface area contributed by atoms with Gasteiger partial charge in [-0.2, -0.15) is 4.72 Å². The quantitative estimate of drug-likeness (QED) is 0.722. The summed E-state index contributed by atoms with van der Waals surface area (Å²) >= 11 is 0. The van der Waals surface area contributed by atoms with Gasteiger partial charge in [-0.25, -0.2) is 13.2 Å². The normalized spacial score (nSPS) is 11.9. The highest BCUT2D eigenvalue weighted by molar-refractivity contribution is 7.89. The van der Waals surface area contributed by atoms with E-state index in [4.69, 9.17) is 11.5 Å². The van der Waals surface area contributed by atoms with Gasteiger partial charge >= 0.3 is 5.97 Å². The molecule has 0 aromatic heterocycles. The van der Waals surface area contributed by atoms with Crippen LogP contribution in [0.2, 0.25) is 0 Å². The van der Waals surface area contributed by atoms with E-state index in [2.05, 4.69) is 10.6 Å². The minimum atomic E-state index is -4.00. The van der Waals surface area contributed by atoms with E-state index in [1.54, 1.807) is 0 Å². The number of nitrogens with one attached hydrogen (secondary N) is 1. The van der Waals surface area contributed by atoms with Crippen molar-refractivity contribution in [3.63, 3.8) is 0 Å². The molecule has 7 heteroatoms. The molecule has 1 aromatic rings. The number of benzene rings is 1. The molecule has 0 aliphatic heterocycles. The van der Waals surface area contributed by atoms with Gasteiger partial charge in [-0.1, -0.05) is 5.92 Å². The van der Waals surface area contributed by atoms with Gasteiger partial charge in [0.2, 0.25) is 10.0 Å². The highest BCUT2D eigenvalue weighted by Gasteiger charge is 2.27. The fraction of sp³-hybridized carbons (Fsp3) is 0.308. The first-order chi connectivity index (χ1) is 9.00. The number of carboxylic acids is 1. The summed E-state index contributed by atoms with van der Waals surface area (Å²) in [4.78, 5) is 10.7. The van der Waals surface area contributed by atoms with E-state index in [1.165, 1.54) is 20.8 Å². The van der Waals surface area contributed by atoms with Crippen molar-refractivity contribution in [3.8, 4) is 18.1 Å². The number of aryl methyl sites for hydroxylation is 1. The van der Waals surface area contributed by atoms with E-state index in [0.29, 0.717) is 0 Å². The maximum Gasteiger partial charge on any atom is 0.339 e. The number of carboxylic acid groups (broad SMARTS) is 1. The van der Waals surface area contributed by atoms with Crippen LogP contribution in [0.3, 0.4) is 0 Å². The van der Waals surface area contributed by atoms with Crippen LogP contribution in [0.4, 0.5) is 0 Å². The number of sulfonamides is 1. The van der Waals surface area contributed by atoms with E-state index in [1.807, 2.05) is 0 Å². The van der Waals surface area contributed by atoms with Crippen LogP contribution in [0, 0.1) is 19.3 Å². The number of carbonyl (C=O) groups is 1. The molecule has 0 amide bonds. The van der Waals surface area contributed by atoms with Gasteiger partial charge in [0.25, 0.3) is 0 Å². The van der Waals surface area contributed by atoms with Crippen LogP contribution >= 0.6 is 0 Å². The van der Waals surface area contributed by atoms with Crippen LogP contribution in [0.15, 0.2) is 17.0 Å². The topological polar surface area (TPSA) is 104 Å². The van der Waals surface area contributed by atoms with Crippen molar-refractivity contribution in [1.29, 1.82) is 0 Å². The number of phenols is 1. The zero-order valence-corrected chi connectivity index (χ0v) is 12.1. The molecule has 0 spiro atoms. The van der Waals surface area contributed by atoms with Crippen LogP contribution in [0.5, 0.6) is 5.75 Å². The van der Waals surface area contributed by atoms with Crippen molar-refractivity contribution in [2.75, 3.05) is 0 Å². The molecule has 0 aliphatic carbocycles. The Bertz CT molecular complexity index is 698. The number of rotatable bonds is 4. The fourth-order valence-corrected chi connectivity index (χ4v) is 3.15. The number of aromatic hydroxyl groups is 1. The molecule has 0 fully saturated rings. The van der Waals surface area contributed by atoms with E-state index in [-0.39, 0.29) is 10.5 Å². The molecule has 0 saturated heterocycles. The zero-order chi connectivity index (χ0) is 15.7. The first kappa shape index (κ1) is 16.0. The molecule has 1 rings (SSSR count). The lowest BCUT2D eigenvalue weighted by molar-refractivity contribution is 0.0693. The SMILES string of the molecule is C#CC(C)(C)NS(=O)(=O)c1cc(C(=O)O)c(O)cc1C. The van der Waals surface area contributed by atoms with Crippen LogP contribution in [-0.4, -0.2) is 30.1 Å². The molecular weight excluding hydrogens is 282 g/mol. The first-order valence-electron chi connectivity index (χ1n) is 5.59. The average Bonchev–Trinajstić information content (AvgIpc) is 2.26. The van der Waals surface area contributed by atoms with Gasteiger partial charge in [0.15, 0.2) is 0 Å².